The van der Waals surface area contributed by atoms with Crippen LogP contribution >= 0.6 is 0 Å². The summed E-state index contributed by atoms with van der Waals surface area (Å²) in [4.78, 5) is 35.6. The number of imidazole rings is 1. The van der Waals surface area contributed by atoms with Crippen molar-refractivity contribution in [1.29, 1.82) is 0 Å². The molecule has 2 aromatic rings. The molecule has 23 heavy (non-hydrogen) atoms. The van der Waals surface area contributed by atoms with E-state index in [1.807, 2.05) is 20.8 Å². The minimum atomic E-state index is -1.13. The van der Waals surface area contributed by atoms with Crippen LogP contribution in [0.15, 0.2) is 12.4 Å². The van der Waals surface area contributed by atoms with Gasteiger partial charge in [-0.1, -0.05) is 0 Å². The van der Waals surface area contributed by atoms with E-state index in [9.17, 15) is 14.7 Å². The third-order valence-corrected chi connectivity index (χ3v) is 4.04. The lowest BCUT2D eigenvalue weighted by Crippen LogP contribution is -2.52. The van der Waals surface area contributed by atoms with Gasteiger partial charge in [-0.3, -0.25) is 9.30 Å². The summed E-state index contributed by atoms with van der Waals surface area (Å²) in [5.74, 6) is -0.668. The zero-order chi connectivity index (χ0) is 16.7. The van der Waals surface area contributed by atoms with Gasteiger partial charge in [0.15, 0.2) is 11.3 Å². The Balaban J connectivity index is 2.07. The van der Waals surface area contributed by atoms with Gasteiger partial charge in [0.2, 0.25) is 0 Å². The predicted molar refractivity (Wildman–Crippen MR) is 83.9 cm³/mol. The van der Waals surface area contributed by atoms with Gasteiger partial charge in [-0.25, -0.2) is 19.6 Å². The number of nitrogens with zero attached hydrogens (tertiary/aromatic N) is 5. The third kappa shape index (κ3) is 2.49. The second kappa shape index (κ2) is 5.53. The number of aryl methyl sites for hydroxylation is 1. The molecule has 3 rings (SSSR count). The molecule has 0 aliphatic carbocycles. The number of aromatic carboxylic acids is 1. The van der Waals surface area contributed by atoms with Crippen LogP contribution in [0.25, 0.3) is 5.65 Å². The van der Waals surface area contributed by atoms with Gasteiger partial charge in [-0.15, -0.1) is 0 Å². The van der Waals surface area contributed by atoms with Crippen molar-refractivity contribution in [2.75, 3.05) is 18.0 Å². The first-order chi connectivity index (χ1) is 10.9. The maximum Gasteiger partial charge on any atom is 0.358 e. The van der Waals surface area contributed by atoms with Gasteiger partial charge in [0.05, 0.1) is 0 Å². The van der Waals surface area contributed by atoms with Crippen LogP contribution in [0, 0.1) is 6.92 Å². The lowest BCUT2D eigenvalue weighted by molar-refractivity contribution is 0.0693. The summed E-state index contributed by atoms with van der Waals surface area (Å²) < 4.78 is 1.61. The predicted octanol–water partition coefficient (Wildman–Crippen LogP) is 1.78. The van der Waals surface area contributed by atoms with E-state index in [0.717, 1.165) is 18.7 Å². The Labute approximate surface area is 133 Å². The quantitative estimate of drug-likeness (QED) is 0.931. The minimum absolute atomic E-state index is 0.0982. The fourth-order valence-electron chi connectivity index (χ4n) is 2.83. The van der Waals surface area contributed by atoms with Crippen LogP contribution in [-0.4, -0.2) is 55.5 Å². The zero-order valence-electron chi connectivity index (χ0n) is 13.4. The Morgan fingerprint density at radius 3 is 2.74 bits per heavy atom. The second-order valence-electron chi connectivity index (χ2n) is 5.92. The average Bonchev–Trinajstić information content (AvgIpc) is 2.91. The number of hydrogen-bond donors (Lipinski definition) is 1. The van der Waals surface area contributed by atoms with Gasteiger partial charge >= 0.3 is 12.0 Å². The number of hydrogen-bond acceptors (Lipinski definition) is 4. The molecule has 1 aliphatic heterocycles. The molecule has 8 nitrogen and oxygen atoms in total. The fourth-order valence-corrected chi connectivity index (χ4v) is 2.83. The number of carboxylic acid groups (broad SMARTS) is 1. The van der Waals surface area contributed by atoms with E-state index in [-0.39, 0.29) is 23.4 Å². The fraction of sp³-hybridized carbons (Fsp3) is 0.467. The van der Waals surface area contributed by atoms with Crippen molar-refractivity contribution >= 4 is 23.5 Å². The minimum Gasteiger partial charge on any atom is -0.476 e. The highest BCUT2D eigenvalue weighted by atomic mass is 16.4. The summed E-state index contributed by atoms with van der Waals surface area (Å²) in [7, 11) is 0. The van der Waals surface area contributed by atoms with Crippen LogP contribution in [0.4, 0.5) is 10.6 Å². The molecule has 2 aromatic heterocycles. The molecule has 8 heteroatoms. The zero-order valence-corrected chi connectivity index (χ0v) is 13.4. The molecular weight excluding hydrogens is 298 g/mol. The van der Waals surface area contributed by atoms with Crippen LogP contribution < -0.4 is 4.90 Å². The van der Waals surface area contributed by atoms with E-state index in [0.29, 0.717) is 12.4 Å². The van der Waals surface area contributed by atoms with Crippen molar-refractivity contribution in [3.8, 4) is 0 Å². The molecule has 1 saturated heterocycles. The lowest BCUT2D eigenvalue weighted by atomic mass is 10.2. The smallest absolute Gasteiger partial charge is 0.358 e. The maximum absolute atomic E-state index is 12.6. The maximum atomic E-state index is 12.6. The lowest BCUT2D eigenvalue weighted by Gasteiger charge is -2.37. The monoisotopic (exact) mass is 317 g/mol. The first-order valence-electron chi connectivity index (χ1n) is 7.56. The molecule has 0 atom stereocenters. The summed E-state index contributed by atoms with van der Waals surface area (Å²) in [6.07, 6.45) is 2.28. The van der Waals surface area contributed by atoms with Crippen LogP contribution in [0.2, 0.25) is 0 Å². The molecule has 2 amide bonds. The van der Waals surface area contributed by atoms with Gasteiger partial charge < -0.3 is 10.0 Å². The topological polar surface area (TPSA) is 91.0 Å². The Kier molecular flexibility index (Phi) is 3.67. The molecule has 0 unspecified atom stereocenters. The van der Waals surface area contributed by atoms with Gasteiger partial charge in [-0.05, 0) is 27.2 Å². The Bertz CT molecular complexity index is 783. The van der Waals surface area contributed by atoms with Gasteiger partial charge in [0.25, 0.3) is 0 Å². The largest absolute Gasteiger partial charge is 0.476 e. The molecule has 122 valence electrons. The van der Waals surface area contributed by atoms with Gasteiger partial charge in [0, 0.05) is 30.9 Å². The SMILES string of the molecule is Cc1cc(N2CCCN(C(C)C)C2=O)nc2c(C(=O)O)ncn12. The molecule has 1 aliphatic rings. The number of amides is 2. The number of urea groups is 1. The number of rotatable bonds is 3. The van der Waals surface area contributed by atoms with Crippen LogP contribution in [0.5, 0.6) is 0 Å². The highest BCUT2D eigenvalue weighted by molar-refractivity contribution is 5.94. The van der Waals surface area contributed by atoms with Crippen molar-refractivity contribution in [2.24, 2.45) is 0 Å². The molecule has 0 radical (unpaired) electrons. The molecule has 0 aromatic carbocycles. The first-order valence-corrected chi connectivity index (χ1v) is 7.56. The number of carbonyl (C=O) groups excluding carboxylic acids is 1. The van der Waals surface area contributed by atoms with Gasteiger partial charge in [-0.2, -0.15) is 0 Å². The van der Waals surface area contributed by atoms with Crippen LogP contribution in [0.3, 0.4) is 0 Å². The highest BCUT2D eigenvalue weighted by Gasteiger charge is 2.30. The second-order valence-corrected chi connectivity index (χ2v) is 5.92. The highest BCUT2D eigenvalue weighted by Crippen LogP contribution is 2.22. The first kappa shape index (κ1) is 15.3. The van der Waals surface area contributed by atoms with E-state index < -0.39 is 5.97 Å². The number of carboxylic acids is 1. The van der Waals surface area contributed by atoms with Crippen LogP contribution in [0.1, 0.15) is 36.5 Å². The molecule has 0 saturated carbocycles. The molecule has 1 N–H and O–H groups in total. The van der Waals surface area contributed by atoms with Crippen LogP contribution in [-0.2, 0) is 0 Å². The molecule has 3 heterocycles. The number of fused-ring (bicyclic) bond motifs is 1. The summed E-state index contributed by atoms with van der Waals surface area (Å²) in [6.45, 7) is 7.08. The van der Waals surface area contributed by atoms with Crippen molar-refractivity contribution in [2.45, 2.75) is 33.2 Å². The van der Waals surface area contributed by atoms with E-state index in [1.165, 1.54) is 6.33 Å². The summed E-state index contributed by atoms with van der Waals surface area (Å²) in [5, 5.41) is 9.23. The average molecular weight is 317 g/mol. The van der Waals surface area contributed by atoms with Crippen molar-refractivity contribution in [3.63, 3.8) is 0 Å². The Morgan fingerprint density at radius 2 is 2.09 bits per heavy atom. The molecule has 0 spiro atoms. The normalized spacial score (nSPS) is 15.7. The van der Waals surface area contributed by atoms with Crippen molar-refractivity contribution < 1.29 is 14.7 Å². The third-order valence-electron chi connectivity index (χ3n) is 4.04. The van der Waals surface area contributed by atoms with E-state index in [4.69, 9.17) is 0 Å². The van der Waals surface area contributed by atoms with Gasteiger partial charge in [0.1, 0.15) is 12.1 Å². The van der Waals surface area contributed by atoms with Crippen molar-refractivity contribution in [3.05, 3.63) is 23.8 Å². The van der Waals surface area contributed by atoms with E-state index >= 15 is 0 Å². The Morgan fingerprint density at radius 1 is 1.35 bits per heavy atom. The molecular formula is C15H19N5O3. The molecule has 1 fully saturated rings. The van der Waals surface area contributed by atoms with E-state index in [1.54, 1.807) is 20.3 Å². The standard InChI is InChI=1S/C15H19N5O3/c1-9(2)18-5-4-6-19(15(18)23)11-7-10(3)20-8-16-12(14(21)22)13(20)17-11/h7-9H,4-6H2,1-3H3,(H,21,22). The summed E-state index contributed by atoms with van der Waals surface area (Å²) in [5.41, 5.74) is 0.918. The number of aromatic nitrogens is 3. The number of carbonyl (C=O) groups is 2. The van der Waals surface area contributed by atoms with Crippen molar-refractivity contribution in [1.82, 2.24) is 19.3 Å². The number of anilines is 1. The molecule has 0 bridgehead atoms. The summed E-state index contributed by atoms with van der Waals surface area (Å²) >= 11 is 0. The Hall–Kier alpha value is -2.64. The summed E-state index contributed by atoms with van der Waals surface area (Å²) in [6, 6.07) is 1.79. The van der Waals surface area contributed by atoms with E-state index in [2.05, 4.69) is 9.97 Å².